The van der Waals surface area contributed by atoms with E-state index in [2.05, 4.69) is 25.5 Å². The average molecular weight is 320 g/mol. The molecule has 2 N–H and O–H groups in total. The molecule has 2 aromatic rings. The summed E-state index contributed by atoms with van der Waals surface area (Å²) >= 11 is 0. The fraction of sp³-hybridized carbons (Fsp3) is 0.462. The molecule has 0 unspecified atom stereocenters. The first kappa shape index (κ1) is 15.2. The van der Waals surface area contributed by atoms with Crippen molar-refractivity contribution < 1.29 is 18.7 Å². The number of hydrogen-bond acceptors (Lipinski definition) is 7. The van der Waals surface area contributed by atoms with Crippen LogP contribution < -0.4 is 5.32 Å². The highest BCUT2D eigenvalue weighted by Gasteiger charge is 2.23. The summed E-state index contributed by atoms with van der Waals surface area (Å²) in [4.78, 5) is 33.9. The van der Waals surface area contributed by atoms with Crippen LogP contribution in [0, 0.1) is 13.8 Å². The van der Waals surface area contributed by atoms with Crippen molar-refractivity contribution in [3.63, 3.8) is 0 Å². The molecule has 23 heavy (non-hydrogen) atoms. The second-order valence-corrected chi connectivity index (χ2v) is 5.01. The lowest BCUT2D eigenvalue weighted by atomic mass is 10.3. The van der Waals surface area contributed by atoms with Crippen molar-refractivity contribution in [2.75, 3.05) is 31.6 Å². The van der Waals surface area contributed by atoms with Crippen LogP contribution >= 0.6 is 0 Å². The number of amides is 2. The van der Waals surface area contributed by atoms with E-state index in [-0.39, 0.29) is 23.4 Å². The standard InChI is InChI=1S/C13H16N6O4/c1-7-9(23-8(2)14-7)11(20)16-13-15-10(17-18-13)12(21)19-3-5-22-6-4-19/h3-6H2,1-2H3,(H2,15,16,17,18,20). The van der Waals surface area contributed by atoms with Gasteiger partial charge in [-0.2, -0.15) is 4.98 Å². The van der Waals surface area contributed by atoms with Crippen LogP contribution in [0.5, 0.6) is 0 Å². The third kappa shape index (κ3) is 3.21. The van der Waals surface area contributed by atoms with Crippen molar-refractivity contribution in [1.82, 2.24) is 25.1 Å². The molecule has 0 aliphatic carbocycles. The molecule has 10 heteroatoms. The molecule has 0 saturated carbocycles. The second kappa shape index (κ2) is 6.16. The van der Waals surface area contributed by atoms with Gasteiger partial charge in [-0.05, 0) is 6.92 Å². The molecule has 3 heterocycles. The second-order valence-electron chi connectivity index (χ2n) is 5.01. The molecule has 2 amide bonds. The predicted octanol–water partition coefficient (Wildman–Crippen LogP) is 0.134. The molecule has 0 radical (unpaired) electrons. The molecule has 1 aliphatic rings. The van der Waals surface area contributed by atoms with Gasteiger partial charge in [0.15, 0.2) is 5.89 Å². The quantitative estimate of drug-likeness (QED) is 0.823. The number of morpholine rings is 1. The third-order valence-electron chi connectivity index (χ3n) is 3.32. The highest BCUT2D eigenvalue weighted by atomic mass is 16.5. The van der Waals surface area contributed by atoms with Crippen LogP contribution in [0.15, 0.2) is 4.42 Å². The van der Waals surface area contributed by atoms with Gasteiger partial charge >= 0.3 is 0 Å². The Bertz CT molecular complexity index is 731. The maximum absolute atomic E-state index is 12.2. The van der Waals surface area contributed by atoms with Crippen LogP contribution in [0.2, 0.25) is 0 Å². The van der Waals surface area contributed by atoms with E-state index in [1.165, 1.54) is 0 Å². The number of nitrogens with zero attached hydrogens (tertiary/aromatic N) is 4. The molecule has 1 fully saturated rings. The van der Waals surface area contributed by atoms with E-state index >= 15 is 0 Å². The number of ether oxygens (including phenoxy) is 1. The number of anilines is 1. The van der Waals surface area contributed by atoms with Gasteiger partial charge in [-0.3, -0.25) is 20.0 Å². The maximum Gasteiger partial charge on any atom is 0.295 e. The van der Waals surface area contributed by atoms with Crippen LogP contribution in [0.25, 0.3) is 0 Å². The van der Waals surface area contributed by atoms with E-state index in [9.17, 15) is 9.59 Å². The van der Waals surface area contributed by atoms with Gasteiger partial charge in [0.25, 0.3) is 11.8 Å². The van der Waals surface area contributed by atoms with E-state index in [0.717, 1.165) is 0 Å². The van der Waals surface area contributed by atoms with Gasteiger partial charge in [-0.25, -0.2) is 4.98 Å². The minimum Gasteiger partial charge on any atom is -0.436 e. The molecule has 0 atom stereocenters. The van der Waals surface area contributed by atoms with Gasteiger partial charge in [-0.1, -0.05) is 0 Å². The van der Waals surface area contributed by atoms with Crippen molar-refractivity contribution >= 4 is 17.8 Å². The summed E-state index contributed by atoms with van der Waals surface area (Å²) < 4.78 is 10.4. The Morgan fingerprint density at radius 3 is 2.61 bits per heavy atom. The van der Waals surface area contributed by atoms with Gasteiger partial charge in [-0.15, -0.1) is 5.10 Å². The van der Waals surface area contributed by atoms with E-state index in [1.807, 2.05) is 0 Å². The summed E-state index contributed by atoms with van der Waals surface area (Å²) in [5.41, 5.74) is 0.472. The number of carbonyl (C=O) groups is 2. The van der Waals surface area contributed by atoms with Crippen molar-refractivity contribution in [3.8, 4) is 0 Å². The molecule has 0 bridgehead atoms. The summed E-state index contributed by atoms with van der Waals surface area (Å²) in [5.74, 6) is -0.257. The van der Waals surface area contributed by atoms with Gasteiger partial charge < -0.3 is 14.1 Å². The van der Waals surface area contributed by atoms with Crippen LogP contribution in [0.3, 0.4) is 0 Å². The Morgan fingerprint density at radius 2 is 1.96 bits per heavy atom. The maximum atomic E-state index is 12.2. The fourth-order valence-electron chi connectivity index (χ4n) is 2.23. The SMILES string of the molecule is Cc1nc(C)c(C(=O)Nc2n[nH]c(C(=O)N3CCOCC3)n2)o1. The molecule has 1 saturated heterocycles. The van der Waals surface area contributed by atoms with E-state index in [1.54, 1.807) is 18.7 Å². The highest BCUT2D eigenvalue weighted by molar-refractivity contribution is 6.02. The first-order valence-electron chi connectivity index (χ1n) is 7.09. The number of aromatic nitrogens is 4. The molecule has 3 rings (SSSR count). The van der Waals surface area contributed by atoms with Crippen LogP contribution in [0.4, 0.5) is 5.95 Å². The van der Waals surface area contributed by atoms with Crippen molar-refractivity contribution in [2.45, 2.75) is 13.8 Å². The molecule has 122 valence electrons. The number of oxazole rings is 1. The number of carbonyl (C=O) groups excluding carboxylic acids is 2. The smallest absolute Gasteiger partial charge is 0.295 e. The Morgan fingerprint density at radius 1 is 1.22 bits per heavy atom. The van der Waals surface area contributed by atoms with Crippen LogP contribution in [0.1, 0.15) is 32.8 Å². The Hall–Kier alpha value is -2.75. The van der Waals surface area contributed by atoms with Gasteiger partial charge in [0.05, 0.1) is 18.9 Å². The van der Waals surface area contributed by atoms with Gasteiger partial charge in [0.1, 0.15) is 0 Å². The lowest BCUT2D eigenvalue weighted by Gasteiger charge is -2.25. The van der Waals surface area contributed by atoms with Crippen molar-refractivity contribution in [1.29, 1.82) is 0 Å². The molecular weight excluding hydrogens is 304 g/mol. The topological polar surface area (TPSA) is 126 Å². The summed E-state index contributed by atoms with van der Waals surface area (Å²) in [6.07, 6.45) is 0. The van der Waals surface area contributed by atoms with E-state index < -0.39 is 5.91 Å². The van der Waals surface area contributed by atoms with E-state index in [0.29, 0.717) is 37.9 Å². The lowest BCUT2D eigenvalue weighted by Crippen LogP contribution is -2.41. The Labute approximate surface area is 131 Å². The number of rotatable bonds is 3. The predicted molar refractivity (Wildman–Crippen MR) is 77.0 cm³/mol. The largest absolute Gasteiger partial charge is 0.436 e. The first-order valence-corrected chi connectivity index (χ1v) is 7.09. The fourth-order valence-corrected chi connectivity index (χ4v) is 2.23. The molecule has 2 aromatic heterocycles. The molecule has 1 aliphatic heterocycles. The zero-order valence-corrected chi connectivity index (χ0v) is 12.8. The Kier molecular flexibility index (Phi) is 4.06. The van der Waals surface area contributed by atoms with Crippen molar-refractivity contribution in [2.24, 2.45) is 0 Å². The molecular formula is C13H16N6O4. The number of aromatic amines is 1. The van der Waals surface area contributed by atoms with E-state index in [4.69, 9.17) is 9.15 Å². The lowest BCUT2D eigenvalue weighted by molar-refractivity contribution is 0.0295. The zero-order chi connectivity index (χ0) is 16.4. The van der Waals surface area contributed by atoms with Gasteiger partial charge in [0.2, 0.25) is 17.5 Å². The number of aryl methyl sites for hydroxylation is 2. The summed E-state index contributed by atoms with van der Waals surface area (Å²) in [5, 5.41) is 8.82. The highest BCUT2D eigenvalue weighted by Crippen LogP contribution is 2.12. The Balaban J connectivity index is 1.68. The van der Waals surface area contributed by atoms with Crippen LogP contribution in [-0.4, -0.2) is 63.2 Å². The van der Waals surface area contributed by atoms with Crippen LogP contribution in [-0.2, 0) is 4.74 Å². The summed E-state index contributed by atoms with van der Waals surface area (Å²) in [6.45, 7) is 5.29. The average Bonchev–Trinajstić information content (AvgIpc) is 3.13. The zero-order valence-electron chi connectivity index (χ0n) is 12.8. The summed E-state index contributed by atoms with van der Waals surface area (Å²) in [7, 11) is 0. The normalized spacial score (nSPS) is 14.8. The number of nitrogens with one attached hydrogen (secondary N) is 2. The molecule has 0 aromatic carbocycles. The first-order chi connectivity index (χ1) is 11.0. The van der Waals surface area contributed by atoms with Gasteiger partial charge in [0, 0.05) is 20.0 Å². The third-order valence-corrected chi connectivity index (χ3v) is 3.32. The number of hydrogen-bond donors (Lipinski definition) is 2. The summed E-state index contributed by atoms with van der Waals surface area (Å²) in [6, 6.07) is 0. The minimum absolute atomic E-state index is 0.0000579. The van der Waals surface area contributed by atoms with Crippen molar-refractivity contribution in [3.05, 3.63) is 23.2 Å². The molecule has 10 nitrogen and oxygen atoms in total. The minimum atomic E-state index is -0.521. The number of H-pyrrole nitrogens is 1. The molecule has 0 spiro atoms. The monoisotopic (exact) mass is 320 g/mol.